The van der Waals surface area contributed by atoms with E-state index in [0.717, 1.165) is 40.9 Å². The van der Waals surface area contributed by atoms with Gasteiger partial charge < -0.3 is 15.3 Å². The van der Waals surface area contributed by atoms with Gasteiger partial charge in [-0.15, -0.1) is 0 Å². The van der Waals surface area contributed by atoms with E-state index in [0.29, 0.717) is 19.0 Å². The maximum atomic E-state index is 11.3. The molecule has 2 N–H and O–H groups in total. The number of anilines is 1. The topological polar surface area (TPSA) is 95.7 Å². The molecule has 1 atom stereocenters. The van der Waals surface area contributed by atoms with Crippen LogP contribution in [-0.2, 0) is 0 Å². The monoisotopic (exact) mass is 414 g/mol. The highest BCUT2D eigenvalue weighted by molar-refractivity contribution is 5.90. The first-order valence-electron chi connectivity index (χ1n) is 10.3. The maximum Gasteiger partial charge on any atom is 0.407 e. The Labute approximate surface area is 179 Å². The van der Waals surface area contributed by atoms with E-state index in [1.165, 1.54) is 4.90 Å². The average molecular weight is 414 g/mol. The lowest BCUT2D eigenvalue weighted by Crippen LogP contribution is -2.44. The van der Waals surface area contributed by atoms with Crippen molar-refractivity contribution in [1.82, 2.24) is 24.5 Å². The molecule has 0 aliphatic carbocycles. The predicted octanol–water partition coefficient (Wildman–Crippen LogP) is 4.01. The van der Waals surface area contributed by atoms with E-state index in [1.807, 2.05) is 65.3 Å². The number of likely N-dealkylation sites (tertiary alicyclic amines) is 1. The van der Waals surface area contributed by atoms with Crippen LogP contribution in [0.1, 0.15) is 12.8 Å². The van der Waals surface area contributed by atoms with Crippen LogP contribution >= 0.6 is 0 Å². The number of nitrogens with one attached hydrogen (secondary N) is 1. The van der Waals surface area contributed by atoms with E-state index in [4.69, 9.17) is 10.1 Å². The smallest absolute Gasteiger partial charge is 0.407 e. The van der Waals surface area contributed by atoms with E-state index in [2.05, 4.69) is 10.3 Å². The molecule has 31 heavy (non-hydrogen) atoms. The molecule has 3 aromatic heterocycles. The van der Waals surface area contributed by atoms with Crippen LogP contribution in [0.15, 0.2) is 67.0 Å². The summed E-state index contributed by atoms with van der Waals surface area (Å²) in [4.78, 5) is 21.9. The highest BCUT2D eigenvalue weighted by Gasteiger charge is 2.24. The Hall–Kier alpha value is -3.94. The summed E-state index contributed by atoms with van der Waals surface area (Å²) < 4.78 is 1.86. The maximum absolute atomic E-state index is 11.3. The third-order valence-corrected chi connectivity index (χ3v) is 5.52. The summed E-state index contributed by atoms with van der Waals surface area (Å²) in [5.41, 5.74) is 4.53. The van der Waals surface area contributed by atoms with Gasteiger partial charge in [-0.25, -0.2) is 19.3 Å². The van der Waals surface area contributed by atoms with Crippen molar-refractivity contribution in [2.24, 2.45) is 0 Å². The van der Waals surface area contributed by atoms with Crippen molar-refractivity contribution in [2.75, 3.05) is 18.4 Å². The van der Waals surface area contributed by atoms with Crippen LogP contribution in [0, 0.1) is 0 Å². The van der Waals surface area contributed by atoms with E-state index in [-0.39, 0.29) is 6.04 Å². The number of amides is 1. The van der Waals surface area contributed by atoms with Crippen molar-refractivity contribution >= 4 is 17.6 Å². The van der Waals surface area contributed by atoms with Crippen LogP contribution in [0.3, 0.4) is 0 Å². The van der Waals surface area contributed by atoms with Crippen LogP contribution < -0.4 is 5.32 Å². The van der Waals surface area contributed by atoms with Gasteiger partial charge in [-0.1, -0.05) is 36.4 Å². The van der Waals surface area contributed by atoms with Gasteiger partial charge in [0, 0.05) is 37.1 Å². The molecule has 1 aliphatic heterocycles. The van der Waals surface area contributed by atoms with Crippen molar-refractivity contribution in [2.45, 2.75) is 18.9 Å². The van der Waals surface area contributed by atoms with E-state index >= 15 is 0 Å². The van der Waals surface area contributed by atoms with Crippen LogP contribution in [0.4, 0.5) is 10.7 Å². The Morgan fingerprint density at radius 3 is 2.77 bits per heavy atom. The van der Waals surface area contributed by atoms with Gasteiger partial charge in [0.05, 0.1) is 16.8 Å². The van der Waals surface area contributed by atoms with Crippen molar-refractivity contribution in [1.29, 1.82) is 0 Å². The molecule has 4 heterocycles. The number of carbonyl (C=O) groups is 1. The van der Waals surface area contributed by atoms with Gasteiger partial charge in [0.2, 0.25) is 5.95 Å². The molecular weight excluding hydrogens is 392 g/mol. The van der Waals surface area contributed by atoms with Gasteiger partial charge >= 0.3 is 6.09 Å². The van der Waals surface area contributed by atoms with Crippen molar-refractivity contribution < 1.29 is 9.90 Å². The first-order chi connectivity index (χ1) is 15.2. The summed E-state index contributed by atoms with van der Waals surface area (Å²) >= 11 is 0. The van der Waals surface area contributed by atoms with Crippen LogP contribution in [0.25, 0.3) is 28.0 Å². The summed E-state index contributed by atoms with van der Waals surface area (Å²) in [5, 5.41) is 17.4. The number of rotatable bonds is 4. The molecule has 1 fully saturated rings. The summed E-state index contributed by atoms with van der Waals surface area (Å²) in [6.07, 6.45) is 4.46. The molecule has 8 heteroatoms. The molecule has 0 saturated carbocycles. The fourth-order valence-electron chi connectivity index (χ4n) is 4.07. The molecule has 1 aromatic carbocycles. The third kappa shape index (κ3) is 3.79. The average Bonchev–Trinajstić information content (AvgIpc) is 3.20. The minimum Gasteiger partial charge on any atom is -0.465 e. The molecule has 0 bridgehead atoms. The molecule has 1 saturated heterocycles. The van der Waals surface area contributed by atoms with E-state index < -0.39 is 6.09 Å². The summed E-state index contributed by atoms with van der Waals surface area (Å²) in [5.74, 6) is 0.490. The minimum absolute atomic E-state index is 0.0161. The minimum atomic E-state index is -0.889. The highest BCUT2D eigenvalue weighted by Crippen LogP contribution is 2.34. The predicted molar refractivity (Wildman–Crippen MR) is 118 cm³/mol. The van der Waals surface area contributed by atoms with Crippen molar-refractivity contribution in [3.63, 3.8) is 0 Å². The van der Waals surface area contributed by atoms with E-state index in [9.17, 15) is 9.90 Å². The molecule has 1 aliphatic rings. The third-order valence-electron chi connectivity index (χ3n) is 5.52. The zero-order chi connectivity index (χ0) is 21.2. The van der Waals surface area contributed by atoms with Gasteiger partial charge in [0.1, 0.15) is 5.69 Å². The zero-order valence-corrected chi connectivity index (χ0v) is 16.8. The number of hydrogen-bond donors (Lipinski definition) is 2. The van der Waals surface area contributed by atoms with Crippen molar-refractivity contribution in [3.05, 3.63) is 67.0 Å². The van der Waals surface area contributed by atoms with Crippen molar-refractivity contribution in [3.8, 4) is 22.5 Å². The Morgan fingerprint density at radius 2 is 1.94 bits per heavy atom. The largest absolute Gasteiger partial charge is 0.465 e. The van der Waals surface area contributed by atoms with E-state index in [1.54, 1.807) is 6.20 Å². The van der Waals surface area contributed by atoms with Gasteiger partial charge in [0.15, 0.2) is 0 Å². The molecule has 4 aromatic rings. The standard InChI is InChI=1S/C23H22N6O2/c30-23(31)28-13-6-9-17(15-28)25-22-24-12-11-18(26-22)20-19-10-4-5-14-29(19)27-21(20)16-7-2-1-3-8-16/h1-5,7-8,10-12,14,17H,6,9,13,15H2,(H,30,31)(H,24,25,26)/t17-/m0/s1. The van der Waals surface area contributed by atoms with Gasteiger partial charge in [-0.3, -0.25) is 0 Å². The summed E-state index contributed by atoms with van der Waals surface area (Å²) in [6.45, 7) is 0.992. The molecule has 8 nitrogen and oxygen atoms in total. The fourth-order valence-corrected chi connectivity index (χ4v) is 4.07. The lowest BCUT2D eigenvalue weighted by Gasteiger charge is -2.31. The zero-order valence-electron chi connectivity index (χ0n) is 16.8. The second-order valence-electron chi connectivity index (χ2n) is 7.60. The quantitative estimate of drug-likeness (QED) is 0.524. The van der Waals surface area contributed by atoms with Gasteiger partial charge in [-0.2, -0.15) is 5.10 Å². The van der Waals surface area contributed by atoms with Gasteiger partial charge in [-0.05, 0) is 31.0 Å². The first-order valence-corrected chi connectivity index (χ1v) is 10.3. The Balaban J connectivity index is 1.52. The normalized spacial score (nSPS) is 16.4. The number of piperidine rings is 1. The number of carboxylic acid groups (broad SMARTS) is 1. The number of hydrogen-bond acceptors (Lipinski definition) is 5. The summed E-state index contributed by atoms with van der Waals surface area (Å²) in [7, 11) is 0. The number of fused-ring (bicyclic) bond motifs is 1. The second-order valence-corrected chi connectivity index (χ2v) is 7.60. The molecule has 5 rings (SSSR count). The number of pyridine rings is 1. The van der Waals surface area contributed by atoms with Gasteiger partial charge in [0.25, 0.3) is 0 Å². The van der Waals surface area contributed by atoms with Crippen LogP contribution in [0.5, 0.6) is 0 Å². The molecule has 1 amide bonds. The highest BCUT2D eigenvalue weighted by atomic mass is 16.4. The Bertz CT molecular complexity index is 1220. The molecule has 0 unspecified atom stereocenters. The molecular formula is C23H22N6O2. The Morgan fingerprint density at radius 1 is 1.10 bits per heavy atom. The lowest BCUT2D eigenvalue weighted by atomic mass is 10.0. The van der Waals surface area contributed by atoms with Crippen LogP contribution in [-0.4, -0.2) is 54.8 Å². The second kappa shape index (κ2) is 8.06. The molecule has 0 spiro atoms. The number of benzene rings is 1. The Kier molecular flexibility index (Phi) is 4.95. The van der Waals surface area contributed by atoms with Crippen LogP contribution in [0.2, 0.25) is 0 Å². The lowest BCUT2D eigenvalue weighted by molar-refractivity contribution is 0.132. The first kappa shape index (κ1) is 19.0. The number of aromatic nitrogens is 4. The molecule has 156 valence electrons. The number of nitrogens with zero attached hydrogens (tertiary/aromatic N) is 5. The fraction of sp³-hybridized carbons (Fsp3) is 0.217. The molecule has 0 radical (unpaired) electrons. The summed E-state index contributed by atoms with van der Waals surface area (Å²) in [6, 6.07) is 17.9. The SMILES string of the molecule is O=C(O)N1CCC[C@H](Nc2nccc(-c3c(-c4ccccc4)nn4ccccc34)n2)C1.